The standard InChI is InChI=1S/C13H11Cl2FOS/c14-11-2-1-3-12(16)10(11)7-8(17)6-9-4-5-13(15)18-9/h1-5,8,17H,6-7H2. The number of benzene rings is 1. The Kier molecular flexibility index (Phi) is 4.62. The van der Waals surface area contributed by atoms with Gasteiger partial charge < -0.3 is 5.11 Å². The van der Waals surface area contributed by atoms with E-state index in [1.54, 1.807) is 18.2 Å². The fourth-order valence-electron chi connectivity index (χ4n) is 1.73. The minimum absolute atomic E-state index is 0.195. The zero-order valence-corrected chi connectivity index (χ0v) is 11.7. The van der Waals surface area contributed by atoms with E-state index in [9.17, 15) is 9.50 Å². The molecule has 0 aliphatic carbocycles. The third kappa shape index (κ3) is 3.45. The molecule has 2 aromatic rings. The van der Waals surface area contributed by atoms with Crippen LogP contribution in [0.25, 0.3) is 0 Å². The molecule has 2 rings (SSSR count). The molecule has 1 nitrogen and oxygen atoms in total. The normalized spacial score (nSPS) is 12.7. The Labute approximate surface area is 119 Å². The van der Waals surface area contributed by atoms with Crippen LogP contribution in [0.5, 0.6) is 0 Å². The molecule has 1 aromatic heterocycles. The van der Waals surface area contributed by atoms with Crippen LogP contribution >= 0.6 is 34.5 Å². The highest BCUT2D eigenvalue weighted by molar-refractivity contribution is 7.16. The summed E-state index contributed by atoms with van der Waals surface area (Å²) in [5.74, 6) is -0.384. The van der Waals surface area contributed by atoms with Crippen molar-refractivity contribution in [2.24, 2.45) is 0 Å². The number of thiophene rings is 1. The Balaban J connectivity index is 2.05. The first-order valence-electron chi connectivity index (χ1n) is 5.41. The Morgan fingerprint density at radius 3 is 2.56 bits per heavy atom. The zero-order valence-electron chi connectivity index (χ0n) is 9.37. The lowest BCUT2D eigenvalue weighted by Crippen LogP contribution is -2.14. The average Bonchev–Trinajstić information content (AvgIpc) is 2.69. The van der Waals surface area contributed by atoms with E-state index in [1.807, 2.05) is 6.07 Å². The molecule has 0 fully saturated rings. The fourth-order valence-corrected chi connectivity index (χ4v) is 3.13. The van der Waals surface area contributed by atoms with Crippen molar-refractivity contribution >= 4 is 34.5 Å². The molecule has 1 atom stereocenters. The van der Waals surface area contributed by atoms with Gasteiger partial charge >= 0.3 is 0 Å². The molecule has 5 heteroatoms. The summed E-state index contributed by atoms with van der Waals surface area (Å²) in [4.78, 5) is 0.972. The molecule has 1 aromatic carbocycles. The molecule has 0 saturated heterocycles. The third-order valence-electron chi connectivity index (χ3n) is 2.57. The SMILES string of the molecule is OC(Cc1ccc(Cl)s1)Cc1c(F)cccc1Cl. The van der Waals surface area contributed by atoms with Crippen LogP contribution < -0.4 is 0 Å². The number of hydrogen-bond donors (Lipinski definition) is 1. The quantitative estimate of drug-likeness (QED) is 0.891. The number of aliphatic hydroxyl groups excluding tert-OH is 1. The smallest absolute Gasteiger partial charge is 0.127 e. The predicted octanol–water partition coefficient (Wildman–Crippen LogP) is 4.34. The monoisotopic (exact) mass is 304 g/mol. The second-order valence-electron chi connectivity index (χ2n) is 3.97. The van der Waals surface area contributed by atoms with E-state index in [1.165, 1.54) is 17.4 Å². The van der Waals surface area contributed by atoms with Gasteiger partial charge in [0.05, 0.1) is 10.4 Å². The summed E-state index contributed by atoms with van der Waals surface area (Å²) in [7, 11) is 0. The van der Waals surface area contributed by atoms with Gasteiger partial charge in [-0.2, -0.15) is 0 Å². The Bertz CT molecular complexity index is 521. The summed E-state index contributed by atoms with van der Waals surface area (Å²) in [6.45, 7) is 0. The second-order valence-corrected chi connectivity index (χ2v) is 6.17. The van der Waals surface area contributed by atoms with Gasteiger partial charge in [-0.3, -0.25) is 0 Å². The summed E-state index contributed by atoms with van der Waals surface area (Å²) in [6.07, 6.45) is -0.0302. The predicted molar refractivity (Wildman–Crippen MR) is 74.2 cm³/mol. The molecule has 0 bridgehead atoms. The highest BCUT2D eigenvalue weighted by Gasteiger charge is 2.14. The van der Waals surface area contributed by atoms with Crippen LogP contribution in [0.3, 0.4) is 0 Å². The van der Waals surface area contributed by atoms with E-state index in [0.29, 0.717) is 21.3 Å². The minimum Gasteiger partial charge on any atom is -0.392 e. The van der Waals surface area contributed by atoms with Crippen LogP contribution in [-0.4, -0.2) is 11.2 Å². The van der Waals surface area contributed by atoms with Crippen molar-refractivity contribution in [2.45, 2.75) is 18.9 Å². The zero-order chi connectivity index (χ0) is 13.1. The maximum Gasteiger partial charge on any atom is 0.127 e. The molecule has 1 N–H and O–H groups in total. The number of hydrogen-bond acceptors (Lipinski definition) is 2. The molecule has 1 unspecified atom stereocenters. The van der Waals surface area contributed by atoms with Gasteiger partial charge in [-0.1, -0.05) is 29.3 Å². The lowest BCUT2D eigenvalue weighted by atomic mass is 10.0. The van der Waals surface area contributed by atoms with Crippen LogP contribution in [0.15, 0.2) is 30.3 Å². The fraction of sp³-hybridized carbons (Fsp3) is 0.231. The van der Waals surface area contributed by atoms with Crippen LogP contribution in [0.4, 0.5) is 4.39 Å². The van der Waals surface area contributed by atoms with Crippen molar-refractivity contribution in [1.82, 2.24) is 0 Å². The molecular weight excluding hydrogens is 294 g/mol. The van der Waals surface area contributed by atoms with Crippen LogP contribution in [0, 0.1) is 5.82 Å². The summed E-state index contributed by atoms with van der Waals surface area (Å²) >= 11 is 13.1. The molecule has 0 aliphatic heterocycles. The maximum absolute atomic E-state index is 13.5. The van der Waals surface area contributed by atoms with Crippen LogP contribution in [0.2, 0.25) is 9.36 Å². The lowest BCUT2D eigenvalue weighted by molar-refractivity contribution is 0.175. The molecule has 0 aliphatic rings. The van der Waals surface area contributed by atoms with Crippen molar-refractivity contribution in [2.75, 3.05) is 0 Å². The molecular formula is C13H11Cl2FOS. The Morgan fingerprint density at radius 2 is 1.94 bits per heavy atom. The van der Waals surface area contributed by atoms with E-state index >= 15 is 0 Å². The molecule has 1 heterocycles. The molecule has 0 spiro atoms. The van der Waals surface area contributed by atoms with E-state index in [4.69, 9.17) is 23.2 Å². The second kappa shape index (κ2) is 6.02. The van der Waals surface area contributed by atoms with Crippen molar-refractivity contribution in [3.63, 3.8) is 0 Å². The molecule has 0 saturated carbocycles. The maximum atomic E-state index is 13.5. The summed E-state index contributed by atoms with van der Waals surface area (Å²) in [5, 5.41) is 10.3. The first kappa shape index (κ1) is 13.8. The van der Waals surface area contributed by atoms with Crippen LogP contribution in [0.1, 0.15) is 10.4 Å². The van der Waals surface area contributed by atoms with E-state index in [2.05, 4.69) is 0 Å². The van der Waals surface area contributed by atoms with Gasteiger partial charge in [0.1, 0.15) is 5.82 Å². The highest BCUT2D eigenvalue weighted by atomic mass is 35.5. The highest BCUT2D eigenvalue weighted by Crippen LogP contribution is 2.25. The van der Waals surface area contributed by atoms with Gasteiger partial charge in [-0.25, -0.2) is 4.39 Å². The Morgan fingerprint density at radius 1 is 1.17 bits per heavy atom. The Hall–Kier alpha value is -0.610. The van der Waals surface area contributed by atoms with Crippen molar-refractivity contribution < 1.29 is 9.50 Å². The van der Waals surface area contributed by atoms with Crippen molar-refractivity contribution in [3.05, 3.63) is 55.9 Å². The van der Waals surface area contributed by atoms with Gasteiger partial charge in [0.15, 0.2) is 0 Å². The van der Waals surface area contributed by atoms with E-state index in [-0.39, 0.29) is 12.2 Å². The number of rotatable bonds is 4. The summed E-state index contributed by atoms with van der Waals surface area (Å²) in [6, 6.07) is 8.15. The van der Waals surface area contributed by atoms with Gasteiger partial charge in [0, 0.05) is 28.3 Å². The third-order valence-corrected chi connectivity index (χ3v) is 4.17. The topological polar surface area (TPSA) is 20.2 Å². The van der Waals surface area contributed by atoms with Gasteiger partial charge in [-0.15, -0.1) is 11.3 Å². The summed E-state index contributed by atoms with van der Waals surface area (Å²) < 4.78 is 14.2. The number of aliphatic hydroxyl groups is 1. The van der Waals surface area contributed by atoms with Crippen LogP contribution in [-0.2, 0) is 12.8 Å². The van der Waals surface area contributed by atoms with Gasteiger partial charge in [0.2, 0.25) is 0 Å². The molecule has 96 valence electrons. The molecule has 0 amide bonds. The first-order valence-corrected chi connectivity index (χ1v) is 6.98. The number of halogens is 3. The largest absolute Gasteiger partial charge is 0.392 e. The van der Waals surface area contributed by atoms with Crippen molar-refractivity contribution in [3.8, 4) is 0 Å². The van der Waals surface area contributed by atoms with E-state index < -0.39 is 6.10 Å². The van der Waals surface area contributed by atoms with E-state index in [0.717, 1.165) is 4.88 Å². The van der Waals surface area contributed by atoms with Crippen molar-refractivity contribution in [1.29, 1.82) is 0 Å². The van der Waals surface area contributed by atoms with Gasteiger partial charge in [-0.05, 0) is 24.3 Å². The summed E-state index contributed by atoms with van der Waals surface area (Å²) in [5.41, 5.74) is 0.356. The molecule has 18 heavy (non-hydrogen) atoms. The first-order chi connectivity index (χ1) is 8.56. The van der Waals surface area contributed by atoms with Gasteiger partial charge in [0.25, 0.3) is 0 Å². The average molecular weight is 305 g/mol. The molecule has 0 radical (unpaired) electrons. The minimum atomic E-state index is -0.672. The lowest BCUT2D eigenvalue weighted by Gasteiger charge is -2.11.